The van der Waals surface area contributed by atoms with E-state index in [-0.39, 0.29) is 5.91 Å². The normalized spacial score (nSPS) is 10.4. The summed E-state index contributed by atoms with van der Waals surface area (Å²) in [5, 5.41) is 2.94. The minimum atomic E-state index is -0.219. The van der Waals surface area contributed by atoms with Crippen molar-refractivity contribution < 1.29 is 9.21 Å². The maximum Gasteiger partial charge on any atom is 0.291 e. The van der Waals surface area contributed by atoms with E-state index in [2.05, 4.69) is 17.4 Å². The van der Waals surface area contributed by atoms with Crippen molar-refractivity contribution in [2.45, 2.75) is 13.3 Å². The van der Waals surface area contributed by atoms with Crippen LogP contribution in [0.3, 0.4) is 0 Å². The van der Waals surface area contributed by atoms with Crippen LogP contribution in [0.1, 0.15) is 27.2 Å². The lowest BCUT2D eigenvalue weighted by Gasteiger charge is -2.10. The van der Waals surface area contributed by atoms with Crippen molar-refractivity contribution in [1.29, 1.82) is 0 Å². The highest BCUT2D eigenvalue weighted by molar-refractivity contribution is 6.03. The van der Waals surface area contributed by atoms with Crippen molar-refractivity contribution in [3.8, 4) is 0 Å². The molecule has 0 radical (unpaired) electrons. The van der Waals surface area contributed by atoms with Crippen LogP contribution in [0.4, 0.5) is 5.69 Å². The maximum absolute atomic E-state index is 12.3. The average molecular weight is 291 g/mol. The number of para-hydroxylation sites is 1. The molecule has 0 atom stereocenters. The van der Waals surface area contributed by atoms with Gasteiger partial charge < -0.3 is 9.73 Å². The van der Waals surface area contributed by atoms with Crippen LogP contribution < -0.4 is 5.32 Å². The lowest BCUT2D eigenvalue weighted by molar-refractivity contribution is 0.0996. The van der Waals surface area contributed by atoms with E-state index in [4.69, 9.17) is 4.42 Å². The number of hydrogen-bond donors (Lipinski definition) is 1. The number of anilines is 1. The molecule has 0 unspecified atom stereocenters. The van der Waals surface area contributed by atoms with Gasteiger partial charge in [-0.05, 0) is 36.6 Å². The van der Waals surface area contributed by atoms with Crippen molar-refractivity contribution in [1.82, 2.24) is 0 Å². The minimum absolute atomic E-state index is 0.219. The second kappa shape index (κ2) is 6.31. The standard InChI is InChI=1S/C19H17NO2/c1-14-11-12-22-18(14)19(21)20-17-10-6-5-9-16(17)13-15-7-3-2-4-8-15/h2-12H,13H2,1H3,(H,20,21). The first kappa shape index (κ1) is 14.1. The van der Waals surface area contributed by atoms with Gasteiger partial charge in [0.25, 0.3) is 5.91 Å². The molecule has 2 aromatic carbocycles. The van der Waals surface area contributed by atoms with Crippen molar-refractivity contribution in [3.63, 3.8) is 0 Å². The molecule has 0 spiro atoms. The third kappa shape index (κ3) is 3.09. The Bertz CT molecular complexity index is 775. The predicted molar refractivity (Wildman–Crippen MR) is 87.1 cm³/mol. The molecule has 3 aromatic rings. The number of benzene rings is 2. The fourth-order valence-corrected chi connectivity index (χ4v) is 2.40. The smallest absolute Gasteiger partial charge is 0.291 e. The van der Waals surface area contributed by atoms with Gasteiger partial charge >= 0.3 is 0 Å². The predicted octanol–water partition coefficient (Wildman–Crippen LogP) is 4.43. The van der Waals surface area contributed by atoms with Gasteiger partial charge in [0, 0.05) is 11.3 Å². The summed E-state index contributed by atoms with van der Waals surface area (Å²) in [6, 6.07) is 19.8. The van der Waals surface area contributed by atoms with Crippen molar-refractivity contribution in [3.05, 3.63) is 89.4 Å². The summed E-state index contributed by atoms with van der Waals surface area (Å²) < 4.78 is 5.24. The lowest BCUT2D eigenvalue weighted by Crippen LogP contribution is -2.13. The van der Waals surface area contributed by atoms with E-state index in [1.54, 1.807) is 6.07 Å². The maximum atomic E-state index is 12.3. The monoisotopic (exact) mass is 291 g/mol. The number of hydrogen-bond acceptors (Lipinski definition) is 2. The minimum Gasteiger partial charge on any atom is -0.459 e. The molecule has 0 bridgehead atoms. The van der Waals surface area contributed by atoms with Crippen LogP contribution in [0.15, 0.2) is 71.3 Å². The van der Waals surface area contributed by atoms with Gasteiger partial charge in [0.2, 0.25) is 0 Å². The first-order chi connectivity index (χ1) is 10.7. The molecule has 0 saturated heterocycles. The van der Waals surface area contributed by atoms with E-state index in [0.29, 0.717) is 5.76 Å². The Morgan fingerprint density at radius 2 is 1.73 bits per heavy atom. The number of aryl methyl sites for hydroxylation is 1. The molecule has 0 aliphatic heterocycles. The van der Waals surface area contributed by atoms with Gasteiger partial charge in [-0.3, -0.25) is 4.79 Å². The highest BCUT2D eigenvalue weighted by Gasteiger charge is 2.14. The summed E-state index contributed by atoms with van der Waals surface area (Å²) in [6.45, 7) is 1.86. The molecule has 0 aliphatic rings. The van der Waals surface area contributed by atoms with E-state index in [1.165, 1.54) is 11.8 Å². The molecule has 3 heteroatoms. The first-order valence-electron chi connectivity index (χ1n) is 7.21. The first-order valence-corrected chi connectivity index (χ1v) is 7.21. The van der Waals surface area contributed by atoms with Crippen molar-refractivity contribution >= 4 is 11.6 Å². The molecule has 3 nitrogen and oxygen atoms in total. The summed E-state index contributed by atoms with van der Waals surface area (Å²) >= 11 is 0. The molecule has 1 heterocycles. The zero-order valence-corrected chi connectivity index (χ0v) is 12.4. The molecule has 1 N–H and O–H groups in total. The molecule has 22 heavy (non-hydrogen) atoms. The van der Waals surface area contributed by atoms with Crippen LogP contribution >= 0.6 is 0 Å². The Morgan fingerprint density at radius 1 is 1.00 bits per heavy atom. The Kier molecular flexibility index (Phi) is 4.05. The third-order valence-electron chi connectivity index (χ3n) is 3.57. The zero-order valence-electron chi connectivity index (χ0n) is 12.4. The average Bonchev–Trinajstić information content (AvgIpc) is 2.96. The van der Waals surface area contributed by atoms with Gasteiger partial charge in [-0.2, -0.15) is 0 Å². The fraction of sp³-hybridized carbons (Fsp3) is 0.105. The van der Waals surface area contributed by atoms with Gasteiger partial charge in [-0.25, -0.2) is 0 Å². The quantitative estimate of drug-likeness (QED) is 0.772. The van der Waals surface area contributed by atoms with Crippen molar-refractivity contribution in [2.75, 3.05) is 5.32 Å². The summed E-state index contributed by atoms with van der Waals surface area (Å²) in [5.41, 5.74) is 3.93. The van der Waals surface area contributed by atoms with E-state index < -0.39 is 0 Å². The molecule has 0 saturated carbocycles. The van der Waals surface area contributed by atoms with Gasteiger partial charge in [0.1, 0.15) is 0 Å². The van der Waals surface area contributed by atoms with E-state index >= 15 is 0 Å². The Hall–Kier alpha value is -2.81. The Labute approximate surface area is 129 Å². The molecular weight excluding hydrogens is 274 g/mol. The van der Waals surface area contributed by atoms with Crippen molar-refractivity contribution in [2.24, 2.45) is 0 Å². The Morgan fingerprint density at radius 3 is 2.45 bits per heavy atom. The SMILES string of the molecule is Cc1ccoc1C(=O)Nc1ccccc1Cc1ccccc1. The van der Waals surface area contributed by atoms with Crippen LogP contribution in [-0.4, -0.2) is 5.91 Å². The second-order valence-corrected chi connectivity index (χ2v) is 5.21. The van der Waals surface area contributed by atoms with Crippen LogP contribution in [0, 0.1) is 6.92 Å². The number of carbonyl (C=O) groups excluding carboxylic acids is 1. The second-order valence-electron chi connectivity index (χ2n) is 5.21. The number of carbonyl (C=O) groups is 1. The fourth-order valence-electron chi connectivity index (χ4n) is 2.40. The number of rotatable bonds is 4. The van der Waals surface area contributed by atoms with E-state index in [1.807, 2.05) is 49.4 Å². The van der Waals surface area contributed by atoms with Crippen LogP contribution in [-0.2, 0) is 6.42 Å². The largest absolute Gasteiger partial charge is 0.459 e. The summed E-state index contributed by atoms with van der Waals surface area (Å²) in [5.74, 6) is 0.137. The van der Waals surface area contributed by atoms with Gasteiger partial charge in [-0.1, -0.05) is 48.5 Å². The number of amides is 1. The van der Waals surface area contributed by atoms with E-state index in [9.17, 15) is 4.79 Å². The molecule has 110 valence electrons. The van der Waals surface area contributed by atoms with Crippen LogP contribution in [0.5, 0.6) is 0 Å². The topological polar surface area (TPSA) is 42.2 Å². The molecule has 0 aliphatic carbocycles. The highest BCUT2D eigenvalue weighted by Crippen LogP contribution is 2.20. The number of furan rings is 1. The van der Waals surface area contributed by atoms with Gasteiger partial charge in [0.05, 0.1) is 6.26 Å². The Balaban J connectivity index is 1.83. The summed E-state index contributed by atoms with van der Waals surface area (Å²) in [7, 11) is 0. The zero-order chi connectivity index (χ0) is 15.4. The van der Waals surface area contributed by atoms with Crippen LogP contribution in [0.25, 0.3) is 0 Å². The van der Waals surface area contributed by atoms with Gasteiger partial charge in [0.15, 0.2) is 5.76 Å². The highest BCUT2D eigenvalue weighted by atomic mass is 16.3. The summed E-state index contributed by atoms with van der Waals surface area (Å²) in [4.78, 5) is 12.3. The van der Waals surface area contributed by atoms with Gasteiger partial charge in [-0.15, -0.1) is 0 Å². The molecule has 3 rings (SSSR count). The molecular formula is C19H17NO2. The number of nitrogens with one attached hydrogen (secondary N) is 1. The van der Waals surface area contributed by atoms with Crippen LogP contribution in [0.2, 0.25) is 0 Å². The molecule has 1 amide bonds. The van der Waals surface area contributed by atoms with E-state index in [0.717, 1.165) is 23.2 Å². The summed E-state index contributed by atoms with van der Waals surface area (Å²) in [6.07, 6.45) is 2.30. The molecule has 1 aromatic heterocycles. The lowest BCUT2D eigenvalue weighted by atomic mass is 10.0. The third-order valence-corrected chi connectivity index (χ3v) is 3.57. The molecule has 0 fully saturated rings.